The third-order valence-electron chi connectivity index (χ3n) is 20.1. The number of nitrogens with zero attached hydrogens (tertiary/aromatic N) is 7. The highest BCUT2D eigenvalue weighted by Gasteiger charge is 2.14. The van der Waals surface area contributed by atoms with Gasteiger partial charge in [-0.2, -0.15) is 5.10 Å². The average Bonchev–Trinajstić information content (AvgIpc) is 1.75. The third kappa shape index (κ3) is 142. The van der Waals surface area contributed by atoms with Crippen molar-refractivity contribution in [3.63, 3.8) is 0 Å². The van der Waals surface area contributed by atoms with Gasteiger partial charge < -0.3 is 44.6 Å². The van der Waals surface area contributed by atoms with Crippen molar-refractivity contribution in [3.05, 3.63) is 17.5 Å². The Hall–Kier alpha value is -1.15. The van der Waals surface area contributed by atoms with Crippen LogP contribution in [0.5, 0.6) is 0 Å². The van der Waals surface area contributed by atoms with Gasteiger partial charge in [0.2, 0.25) is 0 Å². The van der Waals surface area contributed by atoms with Crippen LogP contribution >= 0.6 is 0 Å². The molecule has 1 unspecified atom stereocenters. The highest BCUT2D eigenvalue weighted by molar-refractivity contribution is 5.08. The molecule has 3 atom stereocenters. The summed E-state index contributed by atoms with van der Waals surface area (Å²) in [5.74, 6) is 11.2. The molecule has 1 aromatic rings. The molecule has 0 bridgehead atoms. The lowest BCUT2D eigenvalue weighted by atomic mass is 9.88. The van der Waals surface area contributed by atoms with Crippen LogP contribution in [0.2, 0.25) is 0 Å². The molecule has 11 nitrogen and oxygen atoms in total. The molecule has 0 aromatic carbocycles. The largest absolute Gasteiger partial charge is 0.393 e. The number of rotatable bonds is 36. The molecule has 4 heterocycles. The lowest BCUT2D eigenvalue weighted by Crippen LogP contribution is -2.31. The van der Waals surface area contributed by atoms with Gasteiger partial charge >= 0.3 is 0 Å². The SMILES string of the molecule is CC(C)CCC(C)(C)C.CC(C)CCN(C)C.CC(C)CCN1CCCC1.CC(C)CCN1CCCCC1.CC(C)CCN1CCCCC1.CC(C)C[C@@H](C)O.CCC(C)C.CCC(C)C.CCC(O)CC(C)C.CCCC(C)C.CCN(CC)CCC(C)C.CC[C@H](O)CC(C)C.COCCC(C)C.Cc1cc(CC(C)C)nn1C. The number of hydrogen-bond acceptors (Lipinski definition) is 10. The minimum Gasteiger partial charge on any atom is -0.393 e. The number of methoxy groups -OCH3 is 1. The Kier molecular flexibility index (Phi) is 112. The van der Waals surface area contributed by atoms with Crippen molar-refractivity contribution >= 4 is 0 Å². The normalized spacial score (nSPS) is 14.4. The van der Waals surface area contributed by atoms with Gasteiger partial charge in [0.1, 0.15) is 0 Å². The second kappa shape index (κ2) is 96.1. The Balaban J connectivity index is -0.000000131. The lowest BCUT2D eigenvalue weighted by molar-refractivity contribution is 0.144. The van der Waals surface area contributed by atoms with Gasteiger partial charge in [0, 0.05) is 26.5 Å². The van der Waals surface area contributed by atoms with E-state index in [4.69, 9.17) is 20.1 Å². The zero-order valence-corrected chi connectivity index (χ0v) is 89.1. The number of likely N-dealkylation sites (tertiary alicyclic amines) is 3. The number of hydrogen-bond donors (Lipinski definition) is 3. The second-order valence-corrected chi connectivity index (χ2v) is 41.9. The van der Waals surface area contributed by atoms with Crippen LogP contribution in [-0.4, -0.2) is 181 Å². The monoisotopic (exact) mass is 1660 g/mol. The molecule has 0 aliphatic carbocycles. The average molecular weight is 1660 g/mol. The van der Waals surface area contributed by atoms with Gasteiger partial charge in [-0.25, -0.2) is 0 Å². The Morgan fingerprint density at radius 1 is 0.388 bits per heavy atom. The first-order chi connectivity index (χ1) is 53.7. The summed E-state index contributed by atoms with van der Waals surface area (Å²) in [7, 11) is 7.95. The van der Waals surface area contributed by atoms with Crippen molar-refractivity contribution in [3.8, 4) is 0 Å². The molecular weight excluding hydrogens is 1420 g/mol. The van der Waals surface area contributed by atoms with E-state index in [0.717, 1.165) is 104 Å². The number of piperidine rings is 2. The number of aromatic nitrogens is 2. The predicted molar refractivity (Wildman–Crippen MR) is 534 cm³/mol. The van der Waals surface area contributed by atoms with E-state index < -0.39 is 0 Å². The minimum atomic E-state index is -0.125. The fourth-order valence-electron chi connectivity index (χ4n) is 11.1. The van der Waals surface area contributed by atoms with E-state index in [2.05, 4.69) is 306 Å². The van der Waals surface area contributed by atoms with E-state index in [1.54, 1.807) is 7.11 Å². The maximum Gasteiger partial charge on any atom is 0.0629 e. The molecule has 3 fully saturated rings. The van der Waals surface area contributed by atoms with E-state index in [1.165, 1.54) is 225 Å². The van der Waals surface area contributed by atoms with Crippen molar-refractivity contribution in [2.24, 2.45) is 95.3 Å². The first-order valence-corrected chi connectivity index (χ1v) is 49.8. The first kappa shape index (κ1) is 135. The molecular formula is C105H233N7O4. The van der Waals surface area contributed by atoms with Gasteiger partial charge in [0.25, 0.3) is 0 Å². The van der Waals surface area contributed by atoms with Gasteiger partial charge in [-0.15, -0.1) is 0 Å². The molecule has 0 saturated carbocycles. The summed E-state index contributed by atoms with van der Waals surface area (Å²) in [5, 5.41) is 31.1. The Morgan fingerprint density at radius 2 is 0.690 bits per heavy atom. The van der Waals surface area contributed by atoms with Crippen LogP contribution in [0.25, 0.3) is 0 Å². The summed E-state index contributed by atoms with van der Waals surface area (Å²) in [6.07, 6.45) is 32.9. The molecule has 712 valence electrons. The molecule has 11 heteroatoms. The Bertz CT molecular complexity index is 1800. The molecule has 3 aliphatic heterocycles. The molecule has 0 spiro atoms. The third-order valence-corrected chi connectivity index (χ3v) is 20.1. The Labute approximate surface area is 738 Å². The fourth-order valence-corrected chi connectivity index (χ4v) is 11.1. The molecule has 116 heavy (non-hydrogen) atoms. The molecule has 1 aromatic heterocycles. The van der Waals surface area contributed by atoms with Crippen LogP contribution in [0.15, 0.2) is 6.07 Å². The number of aliphatic hydroxyl groups is 3. The standard InChI is InChI=1S/2C10H21N.C9H16N2.C9H19N.C9H21N.C9H20.C7H17N.2C7H16O.2C6H14O.C6H14.2C5H12/c2*1-10(2)6-9-11-7-4-3-5-8-11;1-7(2)5-9-6-8(3)11(4)10-9;1-9(2)5-8-10-6-3-4-7-10;1-5-10(6-2)8-7-9(3)4;1-8(2)6-7-9(3,4)5;1-7(2)5-6-8(3)4;2*1-4-7(8)5-6(2)3;1-6(2)4-5-7-3;1-5(2)4-6(3)7;1-4-5-6(2)3;2*1-4-5(2)3/h2*10H,3-9H2,1-2H3;6-7H,5H2,1-4H3;9H,3-8H2,1-2H3;9H,5-8H2,1-4H3;8H,6-7H2,1-5H3;7H,5-6H2,1-4H3;2*6-8H,4-5H2,1-3H3;6H,4-5H2,1-3H3;5-7H,4H2,1-3H3;6H,4-5H2,1-3H3;2*5H,4H2,1-3H3/t;;;;;;;7-;;;6-;;;/m.......0..1.../s1. The maximum atomic E-state index is 9.03. The van der Waals surface area contributed by atoms with E-state index in [0.29, 0.717) is 29.1 Å². The Morgan fingerprint density at radius 3 is 0.845 bits per heavy atom. The van der Waals surface area contributed by atoms with Crippen molar-refractivity contribution in [2.75, 3.05) is 113 Å². The van der Waals surface area contributed by atoms with E-state index in [9.17, 15) is 0 Å². The zero-order valence-electron chi connectivity index (χ0n) is 89.1. The van der Waals surface area contributed by atoms with Crippen LogP contribution in [0.4, 0.5) is 0 Å². The van der Waals surface area contributed by atoms with Crippen molar-refractivity contribution in [1.82, 2.24) is 34.3 Å². The van der Waals surface area contributed by atoms with E-state index in [1.807, 2.05) is 32.5 Å². The molecule has 3 saturated heterocycles. The highest BCUT2D eigenvalue weighted by atomic mass is 16.5. The fraction of sp³-hybridized carbons (Fsp3) is 0.971. The van der Waals surface area contributed by atoms with Gasteiger partial charge in [-0.1, -0.05) is 308 Å². The minimum absolute atomic E-state index is 0.0741. The summed E-state index contributed by atoms with van der Waals surface area (Å²) in [6, 6.07) is 2.15. The molecule has 0 amide bonds. The number of aryl methyl sites for hydroxylation is 2. The zero-order chi connectivity index (χ0) is 92.3. The van der Waals surface area contributed by atoms with Crippen LogP contribution in [0.1, 0.15) is 442 Å². The topological polar surface area (TPSA) is 104 Å². The first-order valence-electron chi connectivity index (χ1n) is 49.8. The van der Waals surface area contributed by atoms with Crippen molar-refractivity contribution < 1.29 is 20.1 Å². The molecule has 3 N–H and O–H groups in total. The summed E-state index contributed by atoms with van der Waals surface area (Å²) < 4.78 is 6.78. The van der Waals surface area contributed by atoms with E-state index >= 15 is 0 Å². The molecule has 3 aliphatic rings. The van der Waals surface area contributed by atoms with Gasteiger partial charge in [0.05, 0.1) is 24.0 Å². The highest BCUT2D eigenvalue weighted by Crippen LogP contribution is 2.23. The van der Waals surface area contributed by atoms with Crippen LogP contribution in [0, 0.1) is 95.2 Å². The van der Waals surface area contributed by atoms with Crippen LogP contribution in [0.3, 0.4) is 0 Å². The smallest absolute Gasteiger partial charge is 0.0629 e. The maximum absolute atomic E-state index is 9.03. The van der Waals surface area contributed by atoms with Crippen LogP contribution in [-0.2, 0) is 18.2 Å². The summed E-state index contributed by atoms with van der Waals surface area (Å²) in [6.45, 7) is 106. The van der Waals surface area contributed by atoms with Crippen molar-refractivity contribution in [2.45, 2.75) is 462 Å². The quantitative estimate of drug-likeness (QED) is 0.0602. The number of ether oxygens (including phenoxy) is 1. The molecule has 4 rings (SSSR count). The van der Waals surface area contributed by atoms with Crippen LogP contribution < -0.4 is 0 Å². The summed E-state index contributed by atoms with van der Waals surface area (Å²) >= 11 is 0. The predicted octanol–water partition coefficient (Wildman–Crippen LogP) is 29.8. The van der Waals surface area contributed by atoms with Gasteiger partial charge in [0.15, 0.2) is 0 Å². The number of aliphatic hydroxyl groups excluding tert-OH is 3. The summed E-state index contributed by atoms with van der Waals surface area (Å²) in [4.78, 5) is 12.5. The van der Waals surface area contributed by atoms with Gasteiger partial charge in [-0.05, 0) is 329 Å². The second-order valence-electron chi connectivity index (χ2n) is 41.9. The van der Waals surface area contributed by atoms with E-state index in [-0.39, 0.29) is 18.3 Å². The lowest BCUT2D eigenvalue weighted by Gasteiger charge is -2.26. The van der Waals surface area contributed by atoms with Crippen molar-refractivity contribution in [1.29, 1.82) is 0 Å². The van der Waals surface area contributed by atoms with Gasteiger partial charge in [-0.3, -0.25) is 4.68 Å². The molecule has 0 radical (unpaired) electrons. The summed E-state index contributed by atoms with van der Waals surface area (Å²) in [5.41, 5.74) is 2.98.